The van der Waals surface area contributed by atoms with Crippen LogP contribution in [0.2, 0.25) is 0 Å². The van der Waals surface area contributed by atoms with E-state index in [0.29, 0.717) is 6.54 Å². The van der Waals surface area contributed by atoms with Crippen molar-refractivity contribution in [3.05, 3.63) is 0 Å². The SMILES string of the molecule is CC1CN(C(C(=O)N2CCCC(C(C)O)C2)C(C)C)CC(C)O1. The molecule has 2 aliphatic heterocycles. The molecule has 2 saturated heterocycles. The van der Waals surface area contributed by atoms with E-state index in [-0.39, 0.29) is 42.1 Å². The molecule has 2 fully saturated rings. The lowest BCUT2D eigenvalue weighted by atomic mass is 9.91. The number of likely N-dealkylation sites (tertiary alicyclic amines) is 1. The van der Waals surface area contributed by atoms with Gasteiger partial charge in [-0.05, 0) is 39.5 Å². The average molecular weight is 326 g/mol. The molecule has 23 heavy (non-hydrogen) atoms. The molecule has 1 amide bonds. The lowest BCUT2D eigenvalue weighted by Gasteiger charge is -2.44. The monoisotopic (exact) mass is 326 g/mol. The number of hydrogen-bond acceptors (Lipinski definition) is 4. The quantitative estimate of drug-likeness (QED) is 0.855. The number of rotatable bonds is 4. The molecular weight excluding hydrogens is 292 g/mol. The third-order valence-electron chi connectivity index (χ3n) is 5.18. The van der Waals surface area contributed by atoms with Crippen molar-refractivity contribution < 1.29 is 14.6 Å². The van der Waals surface area contributed by atoms with E-state index in [1.807, 2.05) is 11.8 Å². The summed E-state index contributed by atoms with van der Waals surface area (Å²) in [6, 6.07) is -0.0865. The number of amides is 1. The van der Waals surface area contributed by atoms with Crippen molar-refractivity contribution in [1.82, 2.24) is 9.80 Å². The first-order chi connectivity index (χ1) is 10.8. The van der Waals surface area contributed by atoms with Crippen LogP contribution in [-0.4, -0.2) is 71.3 Å². The zero-order valence-electron chi connectivity index (χ0n) is 15.4. The summed E-state index contributed by atoms with van der Waals surface area (Å²) in [4.78, 5) is 17.5. The van der Waals surface area contributed by atoms with Crippen molar-refractivity contribution in [2.24, 2.45) is 11.8 Å². The molecule has 0 aliphatic carbocycles. The van der Waals surface area contributed by atoms with Crippen LogP contribution in [0.4, 0.5) is 0 Å². The fourth-order valence-electron chi connectivity index (χ4n) is 4.10. The van der Waals surface area contributed by atoms with E-state index in [2.05, 4.69) is 32.6 Å². The highest BCUT2D eigenvalue weighted by atomic mass is 16.5. The smallest absolute Gasteiger partial charge is 0.240 e. The summed E-state index contributed by atoms with van der Waals surface area (Å²) in [6.07, 6.45) is 1.99. The molecule has 0 saturated carbocycles. The topological polar surface area (TPSA) is 53.0 Å². The molecule has 134 valence electrons. The van der Waals surface area contributed by atoms with E-state index in [1.54, 1.807) is 0 Å². The van der Waals surface area contributed by atoms with Crippen LogP contribution in [0.3, 0.4) is 0 Å². The van der Waals surface area contributed by atoms with Crippen molar-refractivity contribution in [2.75, 3.05) is 26.2 Å². The van der Waals surface area contributed by atoms with E-state index in [1.165, 1.54) is 0 Å². The standard InChI is InChI=1S/C18H34N2O3/c1-12(2)17(20-9-13(3)23-14(4)10-20)18(22)19-8-6-7-16(11-19)15(5)21/h12-17,21H,6-11H2,1-5H3. The van der Waals surface area contributed by atoms with Gasteiger partial charge in [0.1, 0.15) is 0 Å². The molecule has 0 radical (unpaired) electrons. The second-order valence-electron chi connectivity index (χ2n) is 7.83. The molecule has 2 aliphatic rings. The minimum absolute atomic E-state index is 0.0865. The highest BCUT2D eigenvalue weighted by Gasteiger charge is 2.38. The van der Waals surface area contributed by atoms with Gasteiger partial charge in [-0.2, -0.15) is 0 Å². The van der Waals surface area contributed by atoms with Crippen molar-refractivity contribution in [2.45, 2.75) is 71.8 Å². The van der Waals surface area contributed by atoms with Gasteiger partial charge in [-0.1, -0.05) is 13.8 Å². The van der Waals surface area contributed by atoms with E-state index < -0.39 is 0 Å². The van der Waals surface area contributed by atoms with Gasteiger partial charge < -0.3 is 14.7 Å². The Bertz CT molecular complexity index is 390. The van der Waals surface area contributed by atoms with Crippen LogP contribution in [0.15, 0.2) is 0 Å². The minimum Gasteiger partial charge on any atom is -0.393 e. The molecule has 1 N–H and O–H groups in total. The second-order valence-corrected chi connectivity index (χ2v) is 7.83. The summed E-state index contributed by atoms with van der Waals surface area (Å²) < 4.78 is 5.82. The first kappa shape index (κ1) is 18.7. The molecule has 5 nitrogen and oxygen atoms in total. The molecule has 0 aromatic carbocycles. The van der Waals surface area contributed by atoms with Crippen LogP contribution >= 0.6 is 0 Å². The van der Waals surface area contributed by atoms with Crippen molar-refractivity contribution in [3.8, 4) is 0 Å². The van der Waals surface area contributed by atoms with E-state index >= 15 is 0 Å². The van der Waals surface area contributed by atoms with Crippen LogP contribution < -0.4 is 0 Å². The van der Waals surface area contributed by atoms with Gasteiger partial charge in [0.2, 0.25) is 5.91 Å². The zero-order valence-corrected chi connectivity index (χ0v) is 15.4. The summed E-state index contributed by atoms with van der Waals surface area (Å²) in [6.45, 7) is 13.4. The van der Waals surface area contributed by atoms with E-state index in [4.69, 9.17) is 4.74 Å². The third kappa shape index (κ3) is 4.68. The molecule has 2 rings (SSSR count). The number of hydrogen-bond donors (Lipinski definition) is 1. The first-order valence-electron chi connectivity index (χ1n) is 9.16. The van der Waals surface area contributed by atoms with Crippen LogP contribution in [0.5, 0.6) is 0 Å². The van der Waals surface area contributed by atoms with Gasteiger partial charge in [0.25, 0.3) is 0 Å². The predicted molar refractivity (Wildman–Crippen MR) is 91.2 cm³/mol. The van der Waals surface area contributed by atoms with Gasteiger partial charge in [-0.25, -0.2) is 0 Å². The maximum absolute atomic E-state index is 13.2. The highest BCUT2D eigenvalue weighted by Crippen LogP contribution is 2.24. The summed E-state index contributed by atoms with van der Waals surface area (Å²) in [5.41, 5.74) is 0. The Morgan fingerprint density at radius 2 is 1.74 bits per heavy atom. The molecule has 5 heteroatoms. The molecule has 0 aromatic heterocycles. The lowest BCUT2D eigenvalue weighted by Crippen LogP contribution is -2.59. The Labute approximate surface area is 141 Å². The molecule has 2 heterocycles. The zero-order chi connectivity index (χ0) is 17.1. The Kier molecular flexibility index (Phi) is 6.46. The summed E-state index contributed by atoms with van der Waals surface area (Å²) in [5, 5.41) is 9.88. The van der Waals surface area contributed by atoms with Gasteiger partial charge in [-0.3, -0.25) is 9.69 Å². The number of ether oxygens (including phenoxy) is 1. The number of carbonyl (C=O) groups excluding carboxylic acids is 1. The number of piperidine rings is 1. The summed E-state index contributed by atoms with van der Waals surface area (Å²) >= 11 is 0. The van der Waals surface area contributed by atoms with Gasteiger partial charge in [0, 0.05) is 32.1 Å². The number of aliphatic hydroxyl groups is 1. The molecule has 0 aromatic rings. The van der Waals surface area contributed by atoms with E-state index in [9.17, 15) is 9.90 Å². The summed E-state index contributed by atoms with van der Waals surface area (Å²) in [5.74, 6) is 0.710. The van der Waals surface area contributed by atoms with Gasteiger partial charge in [0.05, 0.1) is 24.4 Å². The lowest BCUT2D eigenvalue weighted by molar-refractivity contribution is -0.147. The van der Waals surface area contributed by atoms with Crippen molar-refractivity contribution in [1.29, 1.82) is 0 Å². The maximum atomic E-state index is 13.2. The number of aliphatic hydroxyl groups excluding tert-OH is 1. The van der Waals surface area contributed by atoms with Gasteiger partial charge in [-0.15, -0.1) is 0 Å². The van der Waals surface area contributed by atoms with Gasteiger partial charge in [0.15, 0.2) is 0 Å². The number of nitrogens with zero attached hydrogens (tertiary/aromatic N) is 2. The van der Waals surface area contributed by atoms with Crippen LogP contribution in [0.1, 0.15) is 47.5 Å². The normalized spacial score (nSPS) is 32.8. The fourth-order valence-corrected chi connectivity index (χ4v) is 4.10. The minimum atomic E-state index is -0.341. The van der Waals surface area contributed by atoms with Crippen LogP contribution in [-0.2, 0) is 9.53 Å². The van der Waals surface area contributed by atoms with Crippen LogP contribution in [0, 0.1) is 11.8 Å². The maximum Gasteiger partial charge on any atom is 0.240 e. The Morgan fingerprint density at radius 3 is 2.26 bits per heavy atom. The molecule has 5 unspecified atom stereocenters. The largest absolute Gasteiger partial charge is 0.393 e. The first-order valence-corrected chi connectivity index (χ1v) is 9.16. The fraction of sp³-hybridized carbons (Fsp3) is 0.944. The van der Waals surface area contributed by atoms with Gasteiger partial charge >= 0.3 is 0 Å². The van der Waals surface area contributed by atoms with Crippen molar-refractivity contribution >= 4 is 5.91 Å². The Hall–Kier alpha value is -0.650. The molecule has 0 bridgehead atoms. The predicted octanol–water partition coefficient (Wildman–Crippen LogP) is 1.74. The Balaban J connectivity index is 2.09. The molecule has 0 spiro atoms. The third-order valence-corrected chi connectivity index (χ3v) is 5.18. The van der Waals surface area contributed by atoms with E-state index in [0.717, 1.165) is 32.5 Å². The van der Waals surface area contributed by atoms with Crippen LogP contribution in [0.25, 0.3) is 0 Å². The number of morpholine rings is 1. The molecular formula is C18H34N2O3. The average Bonchev–Trinajstić information content (AvgIpc) is 2.46. The molecule has 5 atom stereocenters. The summed E-state index contributed by atoms with van der Waals surface area (Å²) in [7, 11) is 0. The van der Waals surface area contributed by atoms with Crippen molar-refractivity contribution in [3.63, 3.8) is 0 Å². The Morgan fingerprint density at radius 1 is 1.13 bits per heavy atom. The highest BCUT2D eigenvalue weighted by molar-refractivity contribution is 5.82. The second kappa shape index (κ2) is 7.95. The number of carbonyl (C=O) groups is 1.